The molecular weight excluding hydrogens is 344 g/mol. The molecule has 0 aromatic heterocycles. The van der Waals surface area contributed by atoms with Crippen molar-refractivity contribution in [2.45, 2.75) is 46.0 Å². The molecule has 0 unspecified atom stereocenters. The van der Waals surface area contributed by atoms with Crippen LogP contribution in [0.3, 0.4) is 0 Å². The number of carbonyl (C=O) groups excluding carboxylic acids is 3. The molecule has 0 fully saturated rings. The highest BCUT2D eigenvalue weighted by molar-refractivity contribution is 6.04. The SMILES string of the molecule is CCOC(=O)c1ccccc1N(CC(=O)NCCC1=CCCCC1)C(C)=O. The van der Waals surface area contributed by atoms with Gasteiger partial charge < -0.3 is 15.0 Å². The monoisotopic (exact) mass is 372 g/mol. The molecule has 0 bridgehead atoms. The van der Waals surface area contributed by atoms with Gasteiger partial charge in [-0.25, -0.2) is 4.79 Å². The molecule has 0 heterocycles. The maximum atomic E-state index is 12.3. The average Bonchev–Trinajstić information content (AvgIpc) is 2.67. The second-order valence-electron chi connectivity index (χ2n) is 6.55. The van der Waals surface area contributed by atoms with Gasteiger partial charge in [0.2, 0.25) is 11.8 Å². The van der Waals surface area contributed by atoms with Crippen LogP contribution in [-0.4, -0.2) is 37.5 Å². The minimum absolute atomic E-state index is 0.134. The van der Waals surface area contributed by atoms with Gasteiger partial charge in [-0.05, 0) is 51.2 Å². The number of rotatable bonds is 8. The Kier molecular flexibility index (Phi) is 8.04. The van der Waals surface area contributed by atoms with E-state index in [1.54, 1.807) is 31.2 Å². The highest BCUT2D eigenvalue weighted by atomic mass is 16.5. The third-order valence-electron chi connectivity index (χ3n) is 4.53. The van der Waals surface area contributed by atoms with Crippen LogP contribution < -0.4 is 10.2 Å². The van der Waals surface area contributed by atoms with Crippen LogP contribution in [0, 0.1) is 0 Å². The smallest absolute Gasteiger partial charge is 0.340 e. The summed E-state index contributed by atoms with van der Waals surface area (Å²) in [6, 6.07) is 6.66. The zero-order chi connectivity index (χ0) is 19.6. The number of ether oxygens (including phenoxy) is 1. The minimum atomic E-state index is -0.510. The molecule has 1 aromatic carbocycles. The molecule has 0 saturated carbocycles. The van der Waals surface area contributed by atoms with E-state index in [0.29, 0.717) is 12.2 Å². The first kappa shape index (κ1) is 20.7. The Hall–Kier alpha value is -2.63. The zero-order valence-corrected chi connectivity index (χ0v) is 16.1. The van der Waals surface area contributed by atoms with Gasteiger partial charge >= 0.3 is 5.97 Å². The fraction of sp³-hybridized carbons (Fsp3) is 0.476. The van der Waals surface area contributed by atoms with E-state index in [9.17, 15) is 14.4 Å². The van der Waals surface area contributed by atoms with E-state index >= 15 is 0 Å². The maximum Gasteiger partial charge on any atom is 0.340 e. The lowest BCUT2D eigenvalue weighted by atomic mass is 9.97. The summed E-state index contributed by atoms with van der Waals surface area (Å²) < 4.78 is 5.05. The van der Waals surface area contributed by atoms with Gasteiger partial charge in [0.15, 0.2) is 0 Å². The summed E-state index contributed by atoms with van der Waals surface area (Å²) in [5.41, 5.74) is 2.04. The van der Waals surface area contributed by atoms with E-state index in [1.807, 2.05) is 0 Å². The summed E-state index contributed by atoms with van der Waals surface area (Å²) in [7, 11) is 0. The summed E-state index contributed by atoms with van der Waals surface area (Å²) >= 11 is 0. The molecule has 1 aliphatic carbocycles. The first-order valence-electron chi connectivity index (χ1n) is 9.51. The standard InChI is InChI=1S/C21H28N2O4/c1-3-27-21(26)18-11-7-8-12-19(18)23(16(2)24)15-20(25)22-14-13-17-9-5-4-6-10-17/h7-9,11-12H,3-6,10,13-15H2,1-2H3,(H,22,25). The van der Waals surface area contributed by atoms with Gasteiger partial charge in [-0.1, -0.05) is 23.8 Å². The fourth-order valence-electron chi connectivity index (χ4n) is 3.15. The third-order valence-corrected chi connectivity index (χ3v) is 4.53. The van der Waals surface area contributed by atoms with Gasteiger partial charge in [0.25, 0.3) is 0 Å². The van der Waals surface area contributed by atoms with E-state index < -0.39 is 5.97 Å². The quantitative estimate of drug-likeness (QED) is 0.561. The Bertz CT molecular complexity index is 712. The predicted octanol–water partition coefficient (Wildman–Crippen LogP) is 3.22. The molecule has 1 N–H and O–H groups in total. The lowest BCUT2D eigenvalue weighted by Crippen LogP contribution is -2.40. The summed E-state index contributed by atoms with van der Waals surface area (Å²) in [5.74, 6) is -1.07. The van der Waals surface area contributed by atoms with Crippen molar-refractivity contribution in [3.8, 4) is 0 Å². The van der Waals surface area contributed by atoms with Crippen molar-refractivity contribution in [2.75, 3.05) is 24.6 Å². The van der Waals surface area contributed by atoms with E-state index in [4.69, 9.17) is 4.74 Å². The van der Waals surface area contributed by atoms with Crippen molar-refractivity contribution in [3.63, 3.8) is 0 Å². The Labute approximate surface area is 160 Å². The van der Waals surface area contributed by atoms with E-state index in [-0.39, 0.29) is 30.5 Å². The molecular formula is C21H28N2O4. The Balaban J connectivity index is 2.01. The number of para-hydroxylation sites is 1. The van der Waals surface area contributed by atoms with Gasteiger partial charge in [-0.15, -0.1) is 0 Å². The molecule has 0 spiro atoms. The first-order chi connectivity index (χ1) is 13.0. The van der Waals surface area contributed by atoms with Gasteiger partial charge in [0.05, 0.1) is 17.9 Å². The molecule has 27 heavy (non-hydrogen) atoms. The molecule has 0 saturated heterocycles. The van der Waals surface area contributed by atoms with Gasteiger partial charge in [0.1, 0.15) is 6.54 Å². The summed E-state index contributed by atoms with van der Waals surface area (Å²) in [4.78, 5) is 37.9. The van der Waals surface area contributed by atoms with Crippen molar-refractivity contribution in [1.29, 1.82) is 0 Å². The number of hydrogen-bond donors (Lipinski definition) is 1. The second kappa shape index (κ2) is 10.5. The van der Waals surface area contributed by atoms with Crippen LogP contribution in [0.25, 0.3) is 0 Å². The molecule has 0 aliphatic heterocycles. The number of nitrogens with one attached hydrogen (secondary N) is 1. The topological polar surface area (TPSA) is 75.7 Å². The third kappa shape index (κ3) is 6.24. The molecule has 146 valence electrons. The molecule has 1 aromatic rings. The summed E-state index contributed by atoms with van der Waals surface area (Å²) in [6.45, 7) is 3.75. The van der Waals surface area contributed by atoms with Crippen molar-refractivity contribution in [2.24, 2.45) is 0 Å². The van der Waals surface area contributed by atoms with Crippen molar-refractivity contribution >= 4 is 23.5 Å². The van der Waals surface area contributed by atoms with Crippen LogP contribution in [0.5, 0.6) is 0 Å². The maximum absolute atomic E-state index is 12.3. The number of anilines is 1. The zero-order valence-electron chi connectivity index (χ0n) is 16.1. The van der Waals surface area contributed by atoms with Crippen LogP contribution in [0.4, 0.5) is 5.69 Å². The van der Waals surface area contributed by atoms with Crippen molar-refractivity contribution in [1.82, 2.24) is 5.32 Å². The second-order valence-corrected chi connectivity index (χ2v) is 6.55. The molecule has 6 nitrogen and oxygen atoms in total. The molecule has 6 heteroatoms. The Morgan fingerprint density at radius 3 is 2.63 bits per heavy atom. The van der Waals surface area contributed by atoms with E-state index in [1.165, 1.54) is 30.2 Å². The lowest BCUT2D eigenvalue weighted by Gasteiger charge is -2.23. The summed E-state index contributed by atoms with van der Waals surface area (Å²) in [5, 5.41) is 2.87. The van der Waals surface area contributed by atoms with Crippen LogP contribution in [-0.2, 0) is 14.3 Å². The van der Waals surface area contributed by atoms with Crippen molar-refractivity contribution < 1.29 is 19.1 Å². The number of hydrogen-bond acceptors (Lipinski definition) is 4. The highest BCUT2D eigenvalue weighted by Crippen LogP contribution is 2.22. The van der Waals surface area contributed by atoms with Gasteiger partial charge in [0, 0.05) is 13.5 Å². The summed E-state index contributed by atoms with van der Waals surface area (Å²) in [6.07, 6.45) is 7.76. The highest BCUT2D eigenvalue weighted by Gasteiger charge is 2.22. The number of benzene rings is 1. The largest absolute Gasteiger partial charge is 0.462 e. The normalized spacial score (nSPS) is 13.5. The molecule has 2 rings (SSSR count). The lowest BCUT2D eigenvalue weighted by molar-refractivity contribution is -0.123. The van der Waals surface area contributed by atoms with Crippen LogP contribution in [0.15, 0.2) is 35.9 Å². The molecule has 2 amide bonds. The van der Waals surface area contributed by atoms with E-state index in [0.717, 1.165) is 19.3 Å². The van der Waals surface area contributed by atoms with Crippen LogP contribution in [0.2, 0.25) is 0 Å². The Morgan fingerprint density at radius 2 is 1.96 bits per heavy atom. The minimum Gasteiger partial charge on any atom is -0.462 e. The molecule has 1 aliphatic rings. The van der Waals surface area contributed by atoms with Gasteiger partial charge in [-0.3, -0.25) is 9.59 Å². The van der Waals surface area contributed by atoms with E-state index in [2.05, 4.69) is 11.4 Å². The average molecular weight is 372 g/mol. The molecule has 0 atom stereocenters. The number of carbonyl (C=O) groups is 3. The fourth-order valence-corrected chi connectivity index (χ4v) is 3.15. The number of amides is 2. The number of nitrogens with zero attached hydrogens (tertiary/aromatic N) is 1. The van der Waals surface area contributed by atoms with Crippen LogP contribution >= 0.6 is 0 Å². The van der Waals surface area contributed by atoms with Crippen LogP contribution in [0.1, 0.15) is 56.3 Å². The Morgan fingerprint density at radius 1 is 1.19 bits per heavy atom. The molecule has 0 radical (unpaired) electrons. The first-order valence-corrected chi connectivity index (χ1v) is 9.51. The van der Waals surface area contributed by atoms with Crippen molar-refractivity contribution in [3.05, 3.63) is 41.5 Å². The van der Waals surface area contributed by atoms with Gasteiger partial charge in [-0.2, -0.15) is 0 Å². The predicted molar refractivity (Wildman–Crippen MR) is 105 cm³/mol. The number of allylic oxidation sites excluding steroid dienone is 1. The number of esters is 1.